The monoisotopic (exact) mass is 513 g/mol. The Kier molecular flexibility index (Phi) is 7.21. The Morgan fingerprint density at radius 3 is 2.34 bits per heavy atom. The molecule has 6 nitrogen and oxygen atoms in total. The first-order valence-electron chi connectivity index (χ1n) is 12.8. The quantitative estimate of drug-likeness (QED) is 0.465. The molecule has 194 valence electrons. The van der Waals surface area contributed by atoms with E-state index < -0.39 is 17.2 Å². The number of aliphatic imine (C=N–C) groups is 1. The van der Waals surface area contributed by atoms with E-state index >= 15 is 0 Å². The zero-order valence-electron chi connectivity index (χ0n) is 21.3. The van der Waals surface area contributed by atoms with Crippen LogP contribution in [0.1, 0.15) is 30.0 Å². The first kappa shape index (κ1) is 25.6. The second kappa shape index (κ2) is 10.7. The van der Waals surface area contributed by atoms with Crippen molar-refractivity contribution >= 4 is 17.4 Å². The number of halogens is 2. The molecule has 1 unspecified atom stereocenters. The summed E-state index contributed by atoms with van der Waals surface area (Å²) in [5.74, 6) is -0.575. The topological polar surface area (TPSA) is 62.9 Å². The second-order valence-corrected chi connectivity index (χ2v) is 9.65. The molecule has 0 radical (unpaired) electrons. The number of hydrogen-bond donors (Lipinski definition) is 0. The van der Waals surface area contributed by atoms with Crippen LogP contribution in [0.3, 0.4) is 0 Å². The Bertz CT molecular complexity index is 1390. The minimum atomic E-state index is -1.44. The fourth-order valence-corrected chi connectivity index (χ4v) is 5.41. The van der Waals surface area contributed by atoms with Crippen molar-refractivity contribution in [2.24, 2.45) is 4.99 Å². The molecule has 5 rings (SSSR count). The Balaban J connectivity index is 1.26. The van der Waals surface area contributed by atoms with Crippen LogP contribution in [-0.2, 0) is 10.3 Å². The summed E-state index contributed by atoms with van der Waals surface area (Å²) in [6.45, 7) is 6.46. The van der Waals surface area contributed by atoms with Gasteiger partial charge >= 0.3 is 0 Å². The van der Waals surface area contributed by atoms with Crippen LogP contribution in [0.4, 0.5) is 14.5 Å². The van der Waals surface area contributed by atoms with Gasteiger partial charge in [-0.1, -0.05) is 36.4 Å². The number of nitriles is 1. The number of nitrogens with zero attached hydrogens (tertiary/aromatic N) is 5. The molecule has 38 heavy (non-hydrogen) atoms. The number of rotatable bonds is 7. The number of amidine groups is 1. The minimum absolute atomic E-state index is 0.259. The number of amides is 1. The van der Waals surface area contributed by atoms with E-state index in [-0.39, 0.29) is 5.91 Å². The minimum Gasteiger partial charge on any atom is -0.368 e. The van der Waals surface area contributed by atoms with Crippen molar-refractivity contribution in [3.63, 3.8) is 0 Å². The molecule has 1 atom stereocenters. The first-order valence-corrected chi connectivity index (χ1v) is 12.8. The first-order chi connectivity index (χ1) is 18.4. The van der Waals surface area contributed by atoms with Crippen molar-refractivity contribution in [1.82, 2.24) is 9.80 Å². The van der Waals surface area contributed by atoms with E-state index in [0.717, 1.165) is 44.8 Å². The van der Waals surface area contributed by atoms with Crippen LogP contribution >= 0.6 is 0 Å². The molecule has 8 heteroatoms. The molecule has 1 saturated heterocycles. The highest BCUT2D eigenvalue weighted by Gasteiger charge is 2.50. The average Bonchev–Trinajstić information content (AvgIpc) is 3.19. The molecule has 0 N–H and O–H groups in total. The summed E-state index contributed by atoms with van der Waals surface area (Å²) in [5, 5.41) is 9.41. The van der Waals surface area contributed by atoms with Gasteiger partial charge in [-0.05, 0) is 67.4 Å². The van der Waals surface area contributed by atoms with Crippen molar-refractivity contribution < 1.29 is 13.6 Å². The van der Waals surface area contributed by atoms with E-state index in [4.69, 9.17) is 4.99 Å². The van der Waals surface area contributed by atoms with Gasteiger partial charge in [0.2, 0.25) is 0 Å². The lowest BCUT2D eigenvalue weighted by molar-refractivity contribution is -0.130. The molecule has 0 aromatic heterocycles. The lowest BCUT2D eigenvalue weighted by Crippen LogP contribution is -2.47. The summed E-state index contributed by atoms with van der Waals surface area (Å²) < 4.78 is 27.9. The maximum atomic E-state index is 14.2. The zero-order valence-corrected chi connectivity index (χ0v) is 21.3. The Morgan fingerprint density at radius 1 is 0.895 bits per heavy atom. The van der Waals surface area contributed by atoms with Crippen LogP contribution in [0.15, 0.2) is 77.8 Å². The SMILES string of the molecule is CC1=NC(c2ccc(F)cc2)(c2cccc(F)c2)C(=O)N1CCCN1CCN(c2ccccc2C#N)CC1. The number of benzene rings is 3. The molecular formula is C30H29F2N5O. The summed E-state index contributed by atoms with van der Waals surface area (Å²) in [7, 11) is 0. The highest BCUT2D eigenvalue weighted by molar-refractivity contribution is 6.09. The van der Waals surface area contributed by atoms with Crippen molar-refractivity contribution in [3.05, 3.63) is 101 Å². The summed E-state index contributed by atoms with van der Waals surface area (Å²) >= 11 is 0. The number of hydrogen-bond acceptors (Lipinski definition) is 5. The largest absolute Gasteiger partial charge is 0.368 e. The third-order valence-corrected chi connectivity index (χ3v) is 7.37. The predicted molar refractivity (Wildman–Crippen MR) is 143 cm³/mol. The lowest BCUT2D eigenvalue weighted by Gasteiger charge is -2.36. The maximum absolute atomic E-state index is 14.2. The lowest BCUT2D eigenvalue weighted by atomic mass is 9.82. The van der Waals surface area contributed by atoms with Gasteiger partial charge in [-0.25, -0.2) is 13.8 Å². The number of anilines is 1. The third kappa shape index (κ3) is 4.77. The molecule has 1 fully saturated rings. The standard InChI is InChI=1S/C30H29F2N5O/c1-22-34-30(24-10-12-26(31)13-11-24,25-7-4-8-27(32)20-25)29(38)37(22)15-5-14-35-16-18-36(19-17-35)28-9-3-2-6-23(28)21-33/h2-4,6-13,20H,5,14-19H2,1H3. The molecule has 0 bridgehead atoms. The third-order valence-electron chi connectivity index (χ3n) is 7.37. The molecule has 0 aliphatic carbocycles. The molecule has 2 aliphatic heterocycles. The van der Waals surface area contributed by atoms with Gasteiger partial charge in [-0.2, -0.15) is 5.26 Å². The number of piperazine rings is 1. The molecular weight excluding hydrogens is 484 g/mol. The second-order valence-electron chi connectivity index (χ2n) is 9.65. The Hall–Kier alpha value is -4.09. The number of carbonyl (C=O) groups is 1. The normalized spacial score (nSPS) is 19.9. The smallest absolute Gasteiger partial charge is 0.265 e. The molecule has 2 heterocycles. The van der Waals surface area contributed by atoms with Crippen LogP contribution in [0.5, 0.6) is 0 Å². The molecule has 3 aromatic rings. The van der Waals surface area contributed by atoms with Crippen LogP contribution < -0.4 is 4.90 Å². The van der Waals surface area contributed by atoms with Gasteiger partial charge in [0.15, 0.2) is 5.54 Å². The average molecular weight is 514 g/mol. The van der Waals surface area contributed by atoms with E-state index in [1.165, 1.54) is 24.3 Å². The van der Waals surface area contributed by atoms with Gasteiger partial charge in [-0.3, -0.25) is 14.6 Å². The van der Waals surface area contributed by atoms with Gasteiger partial charge in [0.1, 0.15) is 23.5 Å². The summed E-state index contributed by atoms with van der Waals surface area (Å²) in [4.78, 5) is 25.0. The van der Waals surface area contributed by atoms with E-state index in [2.05, 4.69) is 15.9 Å². The highest BCUT2D eigenvalue weighted by Crippen LogP contribution is 2.40. The van der Waals surface area contributed by atoms with Crippen molar-refractivity contribution in [2.75, 3.05) is 44.2 Å². The number of carbonyl (C=O) groups excluding carboxylic acids is 1. The van der Waals surface area contributed by atoms with Crippen molar-refractivity contribution in [1.29, 1.82) is 5.26 Å². The summed E-state index contributed by atoms with van der Waals surface area (Å²) in [5.41, 5.74) is 1.14. The van der Waals surface area contributed by atoms with Gasteiger partial charge in [0.25, 0.3) is 5.91 Å². The van der Waals surface area contributed by atoms with Crippen LogP contribution in [-0.4, -0.2) is 60.8 Å². The van der Waals surface area contributed by atoms with Gasteiger partial charge in [0.05, 0.1) is 11.3 Å². The predicted octanol–water partition coefficient (Wildman–Crippen LogP) is 4.55. The van der Waals surface area contributed by atoms with Crippen LogP contribution in [0.2, 0.25) is 0 Å². The molecule has 1 amide bonds. The van der Waals surface area contributed by atoms with Crippen molar-refractivity contribution in [3.8, 4) is 6.07 Å². The Morgan fingerprint density at radius 2 is 1.63 bits per heavy atom. The summed E-state index contributed by atoms with van der Waals surface area (Å²) in [6, 6.07) is 21.5. The molecule has 2 aliphatic rings. The number of para-hydroxylation sites is 1. The van der Waals surface area contributed by atoms with E-state index in [9.17, 15) is 18.8 Å². The van der Waals surface area contributed by atoms with Gasteiger partial charge < -0.3 is 4.90 Å². The molecule has 0 saturated carbocycles. The molecule has 3 aromatic carbocycles. The van der Waals surface area contributed by atoms with Crippen LogP contribution in [0, 0.1) is 23.0 Å². The van der Waals surface area contributed by atoms with E-state index in [1.807, 2.05) is 24.3 Å². The van der Waals surface area contributed by atoms with Crippen molar-refractivity contribution in [2.45, 2.75) is 18.9 Å². The van der Waals surface area contributed by atoms with E-state index in [0.29, 0.717) is 29.1 Å². The summed E-state index contributed by atoms with van der Waals surface area (Å²) in [6.07, 6.45) is 0.746. The van der Waals surface area contributed by atoms with Crippen LogP contribution in [0.25, 0.3) is 0 Å². The van der Waals surface area contributed by atoms with Gasteiger partial charge in [-0.15, -0.1) is 0 Å². The zero-order chi connectivity index (χ0) is 26.7. The Labute approximate surface area is 221 Å². The van der Waals surface area contributed by atoms with Gasteiger partial charge in [0, 0.05) is 32.7 Å². The van der Waals surface area contributed by atoms with E-state index in [1.54, 1.807) is 36.1 Å². The highest BCUT2D eigenvalue weighted by atomic mass is 19.1. The fraction of sp³-hybridized carbons (Fsp3) is 0.300. The molecule has 0 spiro atoms. The fourth-order valence-electron chi connectivity index (χ4n) is 5.41. The maximum Gasteiger partial charge on any atom is 0.265 e.